The Balaban J connectivity index is 1.79. The highest BCUT2D eigenvalue weighted by atomic mass is 16.5. The lowest BCUT2D eigenvalue weighted by Gasteiger charge is -2.36. The zero-order valence-corrected chi connectivity index (χ0v) is 17.7. The Kier molecular flexibility index (Phi) is 5.48. The molecule has 0 aliphatic heterocycles. The lowest BCUT2D eigenvalue weighted by molar-refractivity contribution is -0.143. The van der Waals surface area contributed by atoms with Crippen molar-refractivity contribution in [2.24, 2.45) is 17.3 Å². The molecule has 154 valence electrons. The Labute approximate surface area is 178 Å². The number of esters is 1. The lowest BCUT2D eigenvalue weighted by atomic mass is 9.80. The third kappa shape index (κ3) is 3.44. The first-order valence-electron chi connectivity index (χ1n) is 10.4. The smallest absolute Gasteiger partial charge is 0.309 e. The van der Waals surface area contributed by atoms with E-state index in [0.29, 0.717) is 6.61 Å². The average molecular weight is 401 g/mol. The van der Waals surface area contributed by atoms with Gasteiger partial charge in [0.15, 0.2) is 0 Å². The van der Waals surface area contributed by atoms with Gasteiger partial charge in [0.05, 0.1) is 19.6 Å². The van der Waals surface area contributed by atoms with Crippen LogP contribution in [0.1, 0.15) is 30.5 Å². The van der Waals surface area contributed by atoms with Gasteiger partial charge >= 0.3 is 5.97 Å². The van der Waals surface area contributed by atoms with E-state index < -0.39 is 5.60 Å². The van der Waals surface area contributed by atoms with Crippen molar-refractivity contribution < 1.29 is 14.3 Å². The third-order valence-electron chi connectivity index (χ3n) is 6.53. The van der Waals surface area contributed by atoms with Gasteiger partial charge in [0.1, 0.15) is 5.60 Å². The van der Waals surface area contributed by atoms with Crippen LogP contribution in [0.25, 0.3) is 0 Å². The Morgan fingerprint density at radius 2 is 1.20 bits per heavy atom. The summed E-state index contributed by atoms with van der Waals surface area (Å²) in [7, 11) is 1.46. The van der Waals surface area contributed by atoms with Crippen LogP contribution < -0.4 is 0 Å². The highest BCUT2D eigenvalue weighted by Crippen LogP contribution is 2.59. The zero-order valence-electron chi connectivity index (χ0n) is 17.7. The molecule has 3 heteroatoms. The summed E-state index contributed by atoms with van der Waals surface area (Å²) in [5.74, 6) is -0.179. The molecule has 0 aromatic heterocycles. The van der Waals surface area contributed by atoms with Gasteiger partial charge < -0.3 is 9.47 Å². The summed E-state index contributed by atoms with van der Waals surface area (Å²) in [6, 6.07) is 30.9. The molecule has 4 rings (SSSR count). The summed E-state index contributed by atoms with van der Waals surface area (Å²) in [4.78, 5) is 12.3. The van der Waals surface area contributed by atoms with Crippen molar-refractivity contribution in [2.75, 3.05) is 13.7 Å². The van der Waals surface area contributed by atoms with Gasteiger partial charge in [0, 0.05) is 5.92 Å². The van der Waals surface area contributed by atoms with Gasteiger partial charge in [-0.3, -0.25) is 4.79 Å². The van der Waals surface area contributed by atoms with Crippen molar-refractivity contribution in [3.8, 4) is 0 Å². The quantitative estimate of drug-likeness (QED) is 0.391. The first-order valence-corrected chi connectivity index (χ1v) is 10.4. The minimum absolute atomic E-state index is 0.112. The van der Waals surface area contributed by atoms with Crippen LogP contribution >= 0.6 is 0 Å². The van der Waals surface area contributed by atoms with Crippen LogP contribution in [-0.2, 0) is 19.9 Å². The van der Waals surface area contributed by atoms with Crippen LogP contribution in [0.3, 0.4) is 0 Å². The molecular formula is C27H28O3. The maximum Gasteiger partial charge on any atom is 0.309 e. The Bertz CT molecular complexity index is 884. The van der Waals surface area contributed by atoms with Crippen LogP contribution in [0, 0.1) is 17.3 Å². The highest BCUT2D eigenvalue weighted by molar-refractivity contribution is 5.77. The molecule has 0 amide bonds. The maximum atomic E-state index is 12.3. The molecule has 0 N–H and O–H groups in total. The predicted octanol–water partition coefficient (Wildman–Crippen LogP) is 5.44. The molecule has 3 nitrogen and oxygen atoms in total. The van der Waals surface area contributed by atoms with Gasteiger partial charge in [-0.1, -0.05) is 105 Å². The van der Waals surface area contributed by atoms with E-state index in [1.165, 1.54) is 7.11 Å². The molecule has 0 saturated heterocycles. The fourth-order valence-electron chi connectivity index (χ4n) is 4.63. The van der Waals surface area contributed by atoms with Gasteiger partial charge in [-0.15, -0.1) is 0 Å². The van der Waals surface area contributed by atoms with E-state index >= 15 is 0 Å². The van der Waals surface area contributed by atoms with E-state index in [1.54, 1.807) is 0 Å². The van der Waals surface area contributed by atoms with Gasteiger partial charge in [-0.25, -0.2) is 0 Å². The number of hydrogen-bond donors (Lipinski definition) is 0. The lowest BCUT2D eigenvalue weighted by Crippen LogP contribution is -2.34. The molecule has 30 heavy (non-hydrogen) atoms. The van der Waals surface area contributed by atoms with E-state index in [2.05, 4.69) is 50.2 Å². The molecule has 0 heterocycles. The number of methoxy groups -OCH3 is 1. The van der Waals surface area contributed by atoms with E-state index in [1.807, 2.05) is 54.6 Å². The molecule has 2 unspecified atom stereocenters. The Morgan fingerprint density at radius 1 is 0.800 bits per heavy atom. The predicted molar refractivity (Wildman–Crippen MR) is 118 cm³/mol. The number of carbonyl (C=O) groups excluding carboxylic acids is 1. The van der Waals surface area contributed by atoms with E-state index in [-0.39, 0.29) is 23.2 Å². The van der Waals surface area contributed by atoms with Gasteiger partial charge in [0.2, 0.25) is 0 Å². The number of ether oxygens (including phenoxy) is 2. The van der Waals surface area contributed by atoms with Crippen molar-refractivity contribution >= 4 is 5.97 Å². The summed E-state index contributed by atoms with van der Waals surface area (Å²) in [6.45, 7) is 4.68. The first-order chi connectivity index (χ1) is 14.5. The van der Waals surface area contributed by atoms with Crippen molar-refractivity contribution in [3.05, 3.63) is 108 Å². The zero-order chi connectivity index (χ0) is 21.2. The molecule has 2 atom stereocenters. The second-order valence-electron chi connectivity index (χ2n) is 8.52. The van der Waals surface area contributed by atoms with E-state index in [9.17, 15) is 4.79 Å². The summed E-state index contributed by atoms with van der Waals surface area (Å²) in [5, 5.41) is 0. The topological polar surface area (TPSA) is 35.5 Å². The molecule has 1 saturated carbocycles. The van der Waals surface area contributed by atoms with Crippen LogP contribution in [-0.4, -0.2) is 19.7 Å². The number of hydrogen-bond acceptors (Lipinski definition) is 3. The van der Waals surface area contributed by atoms with Crippen LogP contribution in [0.4, 0.5) is 0 Å². The molecule has 3 aromatic carbocycles. The molecule has 1 aliphatic carbocycles. The largest absolute Gasteiger partial charge is 0.469 e. The fourth-order valence-corrected chi connectivity index (χ4v) is 4.63. The summed E-state index contributed by atoms with van der Waals surface area (Å²) in [5.41, 5.74) is 2.30. The van der Waals surface area contributed by atoms with Crippen LogP contribution in [0.15, 0.2) is 91.0 Å². The average Bonchev–Trinajstić information content (AvgIpc) is 3.36. The minimum atomic E-state index is -0.761. The monoisotopic (exact) mass is 400 g/mol. The second-order valence-corrected chi connectivity index (χ2v) is 8.52. The SMILES string of the molecule is COC(=O)C1C(COC(c2ccccc2)(c2ccccc2)c2ccccc2)C1(C)C. The third-order valence-corrected chi connectivity index (χ3v) is 6.53. The number of benzene rings is 3. The van der Waals surface area contributed by atoms with Crippen LogP contribution in [0.5, 0.6) is 0 Å². The molecule has 0 radical (unpaired) electrons. The van der Waals surface area contributed by atoms with Crippen molar-refractivity contribution in [1.82, 2.24) is 0 Å². The summed E-state index contributed by atoms with van der Waals surface area (Å²) < 4.78 is 11.9. The van der Waals surface area contributed by atoms with Gasteiger partial charge in [-0.05, 0) is 22.1 Å². The highest BCUT2D eigenvalue weighted by Gasteiger charge is 2.63. The van der Waals surface area contributed by atoms with E-state index in [0.717, 1.165) is 16.7 Å². The van der Waals surface area contributed by atoms with E-state index in [4.69, 9.17) is 9.47 Å². The summed E-state index contributed by atoms with van der Waals surface area (Å²) >= 11 is 0. The first kappa shape index (κ1) is 20.4. The molecule has 0 spiro atoms. The van der Waals surface area contributed by atoms with Crippen molar-refractivity contribution in [2.45, 2.75) is 19.4 Å². The normalized spacial score (nSPS) is 19.8. The molecule has 3 aromatic rings. The molecule has 0 bridgehead atoms. The standard InChI is InChI=1S/C27H28O3/c1-26(2)23(24(26)25(28)29-3)19-30-27(20-13-7-4-8-14-20,21-15-9-5-10-16-21)22-17-11-6-12-18-22/h4-18,23-24H,19H2,1-3H3. The Morgan fingerprint density at radius 3 is 1.57 bits per heavy atom. The number of rotatable bonds is 7. The molecule has 1 aliphatic rings. The molecule has 1 fully saturated rings. The second kappa shape index (κ2) is 8.08. The van der Waals surface area contributed by atoms with Crippen LogP contribution in [0.2, 0.25) is 0 Å². The van der Waals surface area contributed by atoms with Gasteiger partial charge in [-0.2, -0.15) is 0 Å². The fraction of sp³-hybridized carbons (Fsp3) is 0.296. The summed E-state index contributed by atoms with van der Waals surface area (Å²) in [6.07, 6.45) is 0. The Hall–Kier alpha value is -2.91. The maximum absolute atomic E-state index is 12.3. The van der Waals surface area contributed by atoms with Gasteiger partial charge in [0.25, 0.3) is 0 Å². The molecular weight excluding hydrogens is 372 g/mol. The minimum Gasteiger partial charge on any atom is -0.469 e. The van der Waals surface area contributed by atoms with Crippen molar-refractivity contribution in [3.63, 3.8) is 0 Å². The number of carbonyl (C=O) groups is 1. The van der Waals surface area contributed by atoms with Crippen molar-refractivity contribution in [1.29, 1.82) is 0 Å².